The van der Waals surface area contributed by atoms with Gasteiger partial charge >= 0.3 is 12.1 Å². The molecule has 0 fully saturated rings. The van der Waals surface area contributed by atoms with Crippen LogP contribution in [0.15, 0.2) is 29.3 Å². The molecule has 0 saturated carbocycles. The average molecular weight is 372 g/mol. The molecule has 0 radical (unpaired) electrons. The van der Waals surface area contributed by atoms with E-state index < -0.39 is 23.6 Å². The van der Waals surface area contributed by atoms with E-state index in [4.69, 9.17) is 4.74 Å². The summed E-state index contributed by atoms with van der Waals surface area (Å²) in [5.74, 6) is -1.01. The van der Waals surface area contributed by atoms with Gasteiger partial charge in [0.1, 0.15) is 0 Å². The molecule has 1 aromatic carbocycles. The van der Waals surface area contributed by atoms with E-state index in [1.54, 1.807) is 6.92 Å². The minimum atomic E-state index is -4.49. The predicted molar refractivity (Wildman–Crippen MR) is 86.0 cm³/mol. The first-order chi connectivity index (χ1) is 11.6. The molecule has 2 rings (SSSR count). The Morgan fingerprint density at radius 3 is 2.48 bits per heavy atom. The van der Waals surface area contributed by atoms with Crippen molar-refractivity contribution in [1.82, 2.24) is 4.57 Å². The first-order valence-corrected chi connectivity index (χ1v) is 8.11. The molecule has 0 atom stereocenters. The van der Waals surface area contributed by atoms with Gasteiger partial charge in [-0.25, -0.2) is 9.56 Å². The summed E-state index contributed by atoms with van der Waals surface area (Å²) in [5, 5.41) is 0. The number of hydrogen-bond donors (Lipinski definition) is 0. The van der Waals surface area contributed by atoms with Gasteiger partial charge in [-0.2, -0.15) is 13.2 Å². The Hall–Kier alpha value is -2.42. The summed E-state index contributed by atoms with van der Waals surface area (Å²) in [7, 11) is 0. The highest BCUT2D eigenvalue weighted by molar-refractivity contribution is 7.09. The molecule has 2 aromatic rings. The molecule has 1 heterocycles. The van der Waals surface area contributed by atoms with E-state index in [9.17, 15) is 22.8 Å². The number of carbonyl (C=O) groups is 2. The highest BCUT2D eigenvalue weighted by Crippen LogP contribution is 2.31. The zero-order chi connectivity index (χ0) is 18.8. The van der Waals surface area contributed by atoms with Crippen LogP contribution in [-0.4, -0.2) is 16.4 Å². The number of alkyl halides is 3. The number of carbonyl (C=O) groups excluding carboxylic acids is 2. The van der Waals surface area contributed by atoms with Gasteiger partial charge in [-0.15, -0.1) is 0 Å². The van der Waals surface area contributed by atoms with E-state index in [1.807, 2.05) is 0 Å². The number of esters is 1. The Labute approximate surface area is 145 Å². The van der Waals surface area contributed by atoms with Crippen LogP contribution in [0.25, 0.3) is 0 Å². The van der Waals surface area contributed by atoms with Crippen molar-refractivity contribution in [3.63, 3.8) is 0 Å². The van der Waals surface area contributed by atoms with Gasteiger partial charge in [0.05, 0.1) is 16.1 Å². The van der Waals surface area contributed by atoms with Gasteiger partial charge in [0.2, 0.25) is 11.8 Å². The average Bonchev–Trinajstić information content (AvgIpc) is 2.83. The minimum absolute atomic E-state index is 0.0445. The molecule has 0 aliphatic heterocycles. The Morgan fingerprint density at radius 1 is 1.28 bits per heavy atom. The van der Waals surface area contributed by atoms with Gasteiger partial charge in [0.25, 0.3) is 0 Å². The third-order valence-corrected chi connectivity index (χ3v) is 4.29. The lowest BCUT2D eigenvalue weighted by Crippen LogP contribution is -2.22. The van der Waals surface area contributed by atoms with Crippen molar-refractivity contribution in [3.05, 3.63) is 39.5 Å². The molecular formula is C16H15F3N2O3S. The third kappa shape index (κ3) is 4.36. The van der Waals surface area contributed by atoms with Crippen LogP contribution >= 0.6 is 11.3 Å². The van der Waals surface area contributed by atoms with Crippen LogP contribution < -0.4 is 9.54 Å². The summed E-state index contributed by atoms with van der Waals surface area (Å²) in [6.45, 7) is 4.26. The summed E-state index contributed by atoms with van der Waals surface area (Å²) in [5.41, 5.74) is -0.793. The molecule has 0 aliphatic carbocycles. The summed E-state index contributed by atoms with van der Waals surface area (Å²) in [6.07, 6.45) is -4.02. The number of hydrogen-bond acceptors (Lipinski definition) is 5. The normalized spacial score (nSPS) is 12.3. The SMILES string of the molecule is CCc1sc(=Nc2cccc(C(F)(F)F)c2)n(C(C)=O)c1OC(C)=O. The van der Waals surface area contributed by atoms with Crippen molar-refractivity contribution in [1.29, 1.82) is 0 Å². The highest BCUT2D eigenvalue weighted by atomic mass is 32.1. The lowest BCUT2D eigenvalue weighted by molar-refractivity contribution is -0.137. The number of benzene rings is 1. The number of aromatic nitrogens is 1. The second-order valence-corrected chi connectivity index (χ2v) is 6.14. The van der Waals surface area contributed by atoms with Crippen molar-refractivity contribution in [2.24, 2.45) is 4.99 Å². The lowest BCUT2D eigenvalue weighted by atomic mass is 10.2. The molecule has 134 valence electrons. The molecule has 25 heavy (non-hydrogen) atoms. The van der Waals surface area contributed by atoms with Gasteiger partial charge in [-0.3, -0.25) is 9.59 Å². The summed E-state index contributed by atoms with van der Waals surface area (Å²) >= 11 is 1.08. The first-order valence-electron chi connectivity index (χ1n) is 7.29. The van der Waals surface area contributed by atoms with E-state index in [-0.39, 0.29) is 16.4 Å². The smallest absolute Gasteiger partial charge is 0.408 e. The maximum Gasteiger partial charge on any atom is 0.416 e. The van der Waals surface area contributed by atoms with Gasteiger partial charge < -0.3 is 4.74 Å². The van der Waals surface area contributed by atoms with E-state index in [2.05, 4.69) is 4.99 Å². The van der Waals surface area contributed by atoms with Crippen molar-refractivity contribution in [2.45, 2.75) is 33.4 Å². The number of nitrogens with zero attached hydrogens (tertiary/aromatic N) is 2. The number of halogens is 3. The van der Waals surface area contributed by atoms with Crippen molar-refractivity contribution >= 4 is 28.9 Å². The molecular weight excluding hydrogens is 357 g/mol. The maximum absolute atomic E-state index is 12.8. The maximum atomic E-state index is 12.8. The van der Waals surface area contributed by atoms with Gasteiger partial charge in [-0.1, -0.05) is 24.3 Å². The summed E-state index contributed by atoms with van der Waals surface area (Å²) in [4.78, 5) is 28.1. The molecule has 0 unspecified atom stereocenters. The molecule has 1 aromatic heterocycles. The van der Waals surface area contributed by atoms with Crippen LogP contribution in [0.3, 0.4) is 0 Å². The van der Waals surface area contributed by atoms with Crippen LogP contribution in [0.5, 0.6) is 5.88 Å². The van der Waals surface area contributed by atoms with Crippen LogP contribution in [0.2, 0.25) is 0 Å². The monoisotopic (exact) mass is 372 g/mol. The van der Waals surface area contributed by atoms with E-state index in [1.165, 1.54) is 26.0 Å². The fraction of sp³-hybridized carbons (Fsp3) is 0.312. The second-order valence-electron chi connectivity index (χ2n) is 5.07. The molecule has 0 saturated heterocycles. The fourth-order valence-electron chi connectivity index (χ4n) is 2.09. The topological polar surface area (TPSA) is 60.7 Å². The van der Waals surface area contributed by atoms with Crippen LogP contribution in [-0.2, 0) is 17.4 Å². The number of thiazole rings is 1. The zero-order valence-corrected chi connectivity index (χ0v) is 14.5. The number of rotatable bonds is 3. The zero-order valence-electron chi connectivity index (χ0n) is 13.7. The molecule has 0 N–H and O–H groups in total. The van der Waals surface area contributed by atoms with Crippen molar-refractivity contribution in [3.8, 4) is 5.88 Å². The van der Waals surface area contributed by atoms with E-state index >= 15 is 0 Å². The molecule has 0 amide bonds. The van der Waals surface area contributed by atoms with E-state index in [0.717, 1.165) is 28.0 Å². The largest absolute Gasteiger partial charge is 0.416 e. The van der Waals surface area contributed by atoms with Crippen LogP contribution in [0.4, 0.5) is 18.9 Å². The van der Waals surface area contributed by atoms with Crippen LogP contribution in [0.1, 0.15) is 36.0 Å². The molecule has 9 heteroatoms. The fourth-order valence-corrected chi connectivity index (χ4v) is 3.12. The standard InChI is InChI=1S/C16H15F3N2O3S/c1-4-13-14(24-10(3)23)21(9(2)22)15(25-13)20-12-7-5-6-11(8-12)16(17,18)19/h5-8H,4H2,1-3H3. The Morgan fingerprint density at radius 2 is 1.96 bits per heavy atom. The number of ether oxygens (including phenoxy) is 1. The van der Waals surface area contributed by atoms with Crippen molar-refractivity contribution < 1.29 is 27.5 Å². The summed E-state index contributed by atoms with van der Waals surface area (Å²) < 4.78 is 44.7. The molecule has 0 bridgehead atoms. The number of aryl methyl sites for hydroxylation is 1. The van der Waals surface area contributed by atoms with Gasteiger partial charge in [0.15, 0.2) is 4.80 Å². The van der Waals surface area contributed by atoms with Gasteiger partial charge in [0, 0.05) is 13.8 Å². The first kappa shape index (κ1) is 18.9. The highest BCUT2D eigenvalue weighted by Gasteiger charge is 2.30. The summed E-state index contributed by atoms with van der Waals surface area (Å²) in [6, 6.07) is 4.47. The lowest BCUT2D eigenvalue weighted by Gasteiger charge is -2.07. The second kappa shape index (κ2) is 7.22. The Kier molecular flexibility index (Phi) is 5.46. The third-order valence-electron chi connectivity index (χ3n) is 3.12. The minimum Gasteiger partial charge on any atom is -0.408 e. The van der Waals surface area contributed by atoms with Crippen molar-refractivity contribution in [2.75, 3.05) is 0 Å². The van der Waals surface area contributed by atoms with Crippen LogP contribution in [0, 0.1) is 0 Å². The van der Waals surface area contributed by atoms with Gasteiger partial charge in [-0.05, 0) is 24.6 Å². The Bertz CT molecular complexity index is 881. The van der Waals surface area contributed by atoms with E-state index in [0.29, 0.717) is 11.3 Å². The molecule has 0 spiro atoms. The molecule has 5 nitrogen and oxygen atoms in total. The predicted octanol–water partition coefficient (Wildman–Crippen LogP) is 3.95. The quantitative estimate of drug-likeness (QED) is 0.767. The molecule has 0 aliphatic rings. The Balaban J connectivity index is 2.66.